The molecular formula is C20H21ClN4O2S. The molecule has 1 aromatic heterocycles. The van der Waals surface area contributed by atoms with E-state index in [1.807, 2.05) is 60.9 Å². The molecule has 146 valence electrons. The highest BCUT2D eigenvalue weighted by Gasteiger charge is 2.18. The number of hydrogen-bond donors (Lipinski definition) is 1. The van der Waals surface area contributed by atoms with Crippen LogP contribution >= 0.6 is 23.4 Å². The highest BCUT2D eigenvalue weighted by atomic mass is 35.5. The predicted octanol–water partition coefficient (Wildman–Crippen LogP) is 4.03. The minimum Gasteiger partial charge on any atom is -0.497 e. The number of hydrogen-bond acceptors (Lipinski definition) is 5. The van der Waals surface area contributed by atoms with Gasteiger partial charge in [0.2, 0.25) is 5.91 Å². The lowest BCUT2D eigenvalue weighted by Crippen LogP contribution is -2.30. The SMILES string of the molecule is COc1ccc(CNC(=O)C(C)Sc2nncn2-c2ccc(C)c(Cl)c2)cc1. The number of benzene rings is 2. The van der Waals surface area contributed by atoms with E-state index in [1.54, 1.807) is 13.4 Å². The van der Waals surface area contributed by atoms with Crippen molar-refractivity contribution in [1.29, 1.82) is 0 Å². The molecule has 8 heteroatoms. The molecule has 1 atom stereocenters. The van der Waals surface area contributed by atoms with Gasteiger partial charge in [-0.1, -0.05) is 41.6 Å². The Morgan fingerprint density at radius 2 is 2.04 bits per heavy atom. The van der Waals surface area contributed by atoms with Crippen LogP contribution in [0.5, 0.6) is 5.75 Å². The average molecular weight is 417 g/mol. The van der Waals surface area contributed by atoms with Gasteiger partial charge in [-0.25, -0.2) is 0 Å². The number of carbonyl (C=O) groups excluding carboxylic acids is 1. The summed E-state index contributed by atoms with van der Waals surface area (Å²) < 4.78 is 6.96. The van der Waals surface area contributed by atoms with Gasteiger partial charge in [0, 0.05) is 11.6 Å². The standard InChI is InChI=1S/C20H21ClN4O2S/c1-13-4-7-16(10-18(13)21)25-12-23-24-20(25)28-14(2)19(26)22-11-15-5-8-17(27-3)9-6-15/h4-10,12,14H,11H2,1-3H3,(H,22,26). The first-order valence-corrected chi connectivity index (χ1v) is 9.97. The summed E-state index contributed by atoms with van der Waals surface area (Å²) in [6, 6.07) is 13.3. The molecule has 0 fully saturated rings. The van der Waals surface area contributed by atoms with Crippen LogP contribution in [0.25, 0.3) is 5.69 Å². The number of aromatic nitrogens is 3. The van der Waals surface area contributed by atoms with Crippen LogP contribution in [0.4, 0.5) is 0 Å². The minimum atomic E-state index is -0.331. The first-order valence-electron chi connectivity index (χ1n) is 8.72. The fraction of sp³-hybridized carbons (Fsp3) is 0.250. The molecule has 3 aromatic rings. The number of thioether (sulfide) groups is 1. The number of nitrogens with zero attached hydrogens (tertiary/aromatic N) is 3. The molecule has 2 aromatic carbocycles. The number of halogens is 1. The van der Waals surface area contributed by atoms with Gasteiger partial charge < -0.3 is 10.1 Å². The number of methoxy groups -OCH3 is 1. The lowest BCUT2D eigenvalue weighted by Gasteiger charge is -2.13. The van der Waals surface area contributed by atoms with Crippen LogP contribution in [0, 0.1) is 6.92 Å². The maximum absolute atomic E-state index is 12.5. The van der Waals surface area contributed by atoms with Crippen LogP contribution in [0.15, 0.2) is 53.9 Å². The van der Waals surface area contributed by atoms with Gasteiger partial charge in [-0.3, -0.25) is 9.36 Å². The lowest BCUT2D eigenvalue weighted by molar-refractivity contribution is -0.120. The normalized spacial score (nSPS) is 11.9. The summed E-state index contributed by atoms with van der Waals surface area (Å²) in [5.41, 5.74) is 2.86. The molecule has 1 unspecified atom stereocenters. The molecule has 0 aliphatic carbocycles. The summed E-state index contributed by atoms with van der Waals surface area (Å²) in [4.78, 5) is 12.5. The second-order valence-electron chi connectivity index (χ2n) is 6.24. The Hall–Kier alpha value is -2.51. The van der Waals surface area contributed by atoms with E-state index in [2.05, 4.69) is 15.5 Å². The van der Waals surface area contributed by atoms with Crippen LogP contribution < -0.4 is 10.1 Å². The second kappa shape index (κ2) is 9.12. The summed E-state index contributed by atoms with van der Waals surface area (Å²) in [5, 5.41) is 12.0. The van der Waals surface area contributed by atoms with Gasteiger partial charge >= 0.3 is 0 Å². The Kier molecular flexibility index (Phi) is 6.59. The molecule has 0 saturated carbocycles. The third kappa shape index (κ3) is 4.85. The van der Waals surface area contributed by atoms with Gasteiger partial charge in [-0.15, -0.1) is 10.2 Å². The van der Waals surface area contributed by atoms with Crippen molar-refractivity contribution in [3.8, 4) is 11.4 Å². The van der Waals surface area contributed by atoms with Crippen molar-refractivity contribution in [2.45, 2.75) is 30.8 Å². The smallest absolute Gasteiger partial charge is 0.233 e. The van der Waals surface area contributed by atoms with Gasteiger partial charge in [0.05, 0.1) is 18.0 Å². The Balaban J connectivity index is 1.62. The monoisotopic (exact) mass is 416 g/mol. The minimum absolute atomic E-state index is 0.0719. The molecule has 0 aliphatic rings. The topological polar surface area (TPSA) is 69.0 Å². The summed E-state index contributed by atoms with van der Waals surface area (Å²) in [5.74, 6) is 0.715. The van der Waals surface area contributed by atoms with Crippen LogP contribution in [-0.4, -0.2) is 33.0 Å². The number of aryl methyl sites for hydroxylation is 1. The van der Waals surface area contributed by atoms with Gasteiger partial charge in [0.25, 0.3) is 0 Å². The van der Waals surface area contributed by atoms with E-state index < -0.39 is 0 Å². The van der Waals surface area contributed by atoms with E-state index >= 15 is 0 Å². The summed E-state index contributed by atoms with van der Waals surface area (Å²) in [7, 11) is 1.62. The van der Waals surface area contributed by atoms with E-state index in [1.165, 1.54) is 11.8 Å². The number of rotatable bonds is 7. The van der Waals surface area contributed by atoms with Crippen LogP contribution in [0.1, 0.15) is 18.1 Å². The van der Waals surface area contributed by atoms with Crippen molar-refractivity contribution in [2.24, 2.45) is 0 Å². The number of nitrogens with one attached hydrogen (secondary N) is 1. The van der Waals surface area contributed by atoms with Crippen LogP contribution in [-0.2, 0) is 11.3 Å². The number of amides is 1. The molecular weight excluding hydrogens is 396 g/mol. The molecule has 1 N–H and O–H groups in total. The van der Waals surface area contributed by atoms with Crippen molar-refractivity contribution in [3.63, 3.8) is 0 Å². The van der Waals surface area contributed by atoms with Gasteiger partial charge in [-0.05, 0) is 49.2 Å². The average Bonchev–Trinajstić information content (AvgIpc) is 3.16. The Bertz CT molecular complexity index is 959. The van der Waals surface area contributed by atoms with Gasteiger partial charge in [0.15, 0.2) is 5.16 Å². The Morgan fingerprint density at radius 3 is 2.71 bits per heavy atom. The van der Waals surface area contributed by atoms with E-state index in [9.17, 15) is 4.79 Å². The molecule has 1 amide bonds. The molecule has 1 heterocycles. The van der Waals surface area contributed by atoms with Crippen molar-refractivity contribution < 1.29 is 9.53 Å². The number of ether oxygens (including phenoxy) is 1. The van der Waals surface area contributed by atoms with Crippen LogP contribution in [0.3, 0.4) is 0 Å². The zero-order valence-electron chi connectivity index (χ0n) is 15.8. The van der Waals surface area contributed by atoms with Crippen molar-refractivity contribution in [2.75, 3.05) is 7.11 Å². The molecule has 6 nitrogen and oxygen atoms in total. The summed E-state index contributed by atoms with van der Waals surface area (Å²) in [6.07, 6.45) is 1.62. The van der Waals surface area contributed by atoms with Crippen molar-refractivity contribution in [1.82, 2.24) is 20.1 Å². The molecule has 28 heavy (non-hydrogen) atoms. The second-order valence-corrected chi connectivity index (χ2v) is 7.96. The fourth-order valence-electron chi connectivity index (χ4n) is 2.50. The van der Waals surface area contributed by atoms with Crippen LogP contribution in [0.2, 0.25) is 5.02 Å². The summed E-state index contributed by atoms with van der Waals surface area (Å²) >= 11 is 7.57. The molecule has 0 saturated heterocycles. The molecule has 3 rings (SSSR count). The molecule has 0 aliphatic heterocycles. The first-order chi connectivity index (χ1) is 13.5. The van der Waals surface area contributed by atoms with Crippen molar-refractivity contribution in [3.05, 3.63) is 64.9 Å². The van der Waals surface area contributed by atoms with E-state index in [0.717, 1.165) is 22.6 Å². The highest BCUT2D eigenvalue weighted by molar-refractivity contribution is 8.00. The maximum Gasteiger partial charge on any atom is 0.233 e. The Morgan fingerprint density at radius 1 is 1.29 bits per heavy atom. The molecule has 0 bridgehead atoms. The largest absolute Gasteiger partial charge is 0.497 e. The number of carbonyl (C=O) groups is 1. The zero-order valence-corrected chi connectivity index (χ0v) is 17.4. The maximum atomic E-state index is 12.5. The Labute approximate surface area is 173 Å². The molecule has 0 radical (unpaired) electrons. The fourth-order valence-corrected chi connectivity index (χ4v) is 3.54. The quantitative estimate of drug-likeness (QED) is 0.589. The third-order valence-corrected chi connectivity index (χ3v) is 5.69. The molecule has 0 spiro atoms. The zero-order chi connectivity index (χ0) is 20.1. The lowest BCUT2D eigenvalue weighted by atomic mass is 10.2. The predicted molar refractivity (Wildman–Crippen MR) is 111 cm³/mol. The van der Waals surface area contributed by atoms with Crippen molar-refractivity contribution >= 4 is 29.3 Å². The van der Waals surface area contributed by atoms with Gasteiger partial charge in [-0.2, -0.15) is 0 Å². The van der Waals surface area contributed by atoms with Gasteiger partial charge in [0.1, 0.15) is 12.1 Å². The highest BCUT2D eigenvalue weighted by Crippen LogP contribution is 2.26. The van der Waals surface area contributed by atoms with E-state index in [0.29, 0.717) is 16.7 Å². The van der Waals surface area contributed by atoms with E-state index in [4.69, 9.17) is 16.3 Å². The first kappa shape index (κ1) is 20.2. The van der Waals surface area contributed by atoms with E-state index in [-0.39, 0.29) is 11.2 Å². The third-order valence-electron chi connectivity index (χ3n) is 4.23. The summed E-state index contributed by atoms with van der Waals surface area (Å²) in [6.45, 7) is 4.24.